The SMILES string of the molecule is CC(C)NCc1ccc2c(c1)OCC(c1nc3c(C(F)(F)F)cccc3s1)=C2. The van der Waals surface area contributed by atoms with Gasteiger partial charge in [-0.15, -0.1) is 11.3 Å². The molecule has 7 heteroatoms. The van der Waals surface area contributed by atoms with Crippen molar-refractivity contribution in [3.63, 3.8) is 0 Å². The van der Waals surface area contributed by atoms with E-state index in [1.54, 1.807) is 6.07 Å². The molecule has 0 atom stereocenters. The van der Waals surface area contributed by atoms with Crippen LogP contribution >= 0.6 is 11.3 Å². The fraction of sp³-hybridized carbons (Fsp3) is 0.286. The molecule has 28 heavy (non-hydrogen) atoms. The Morgan fingerprint density at radius 3 is 2.79 bits per heavy atom. The second-order valence-corrected chi connectivity index (χ2v) is 8.07. The zero-order valence-electron chi connectivity index (χ0n) is 15.4. The number of nitrogens with one attached hydrogen (secondary N) is 1. The van der Waals surface area contributed by atoms with E-state index >= 15 is 0 Å². The Morgan fingerprint density at radius 2 is 2.04 bits per heavy atom. The van der Waals surface area contributed by atoms with E-state index in [4.69, 9.17) is 4.74 Å². The van der Waals surface area contributed by atoms with Crippen LogP contribution in [0.4, 0.5) is 13.2 Å². The number of thiazole rings is 1. The van der Waals surface area contributed by atoms with Crippen molar-refractivity contribution in [2.24, 2.45) is 0 Å². The van der Waals surface area contributed by atoms with Crippen molar-refractivity contribution in [2.75, 3.05) is 6.61 Å². The molecule has 1 aliphatic rings. The van der Waals surface area contributed by atoms with E-state index in [9.17, 15) is 13.2 Å². The minimum Gasteiger partial charge on any atom is -0.488 e. The van der Waals surface area contributed by atoms with Crippen LogP contribution in [0.3, 0.4) is 0 Å². The minimum atomic E-state index is -4.42. The Balaban J connectivity index is 1.66. The first kappa shape index (κ1) is 19.0. The largest absolute Gasteiger partial charge is 0.488 e. The molecule has 0 bridgehead atoms. The van der Waals surface area contributed by atoms with Crippen molar-refractivity contribution in [3.05, 3.63) is 58.1 Å². The molecule has 0 saturated carbocycles. The first-order chi connectivity index (χ1) is 13.3. The van der Waals surface area contributed by atoms with Crippen LogP contribution in [0.5, 0.6) is 5.75 Å². The van der Waals surface area contributed by atoms with Gasteiger partial charge in [0.25, 0.3) is 0 Å². The zero-order valence-corrected chi connectivity index (χ0v) is 16.2. The molecule has 0 unspecified atom stereocenters. The standard InChI is InChI=1S/C21H19F3N2OS/c1-12(2)25-10-13-6-7-14-9-15(11-27-17(14)8-13)20-26-19-16(21(22,23)24)4-3-5-18(19)28-20/h3-9,12,25H,10-11H2,1-2H3. The molecule has 0 spiro atoms. The lowest BCUT2D eigenvalue weighted by molar-refractivity contribution is -0.136. The number of hydrogen-bond acceptors (Lipinski definition) is 4. The Kier molecular flexibility index (Phi) is 4.89. The summed E-state index contributed by atoms with van der Waals surface area (Å²) in [6, 6.07) is 10.5. The second kappa shape index (κ2) is 7.22. The maximum atomic E-state index is 13.2. The van der Waals surface area contributed by atoms with Crippen molar-refractivity contribution in [1.82, 2.24) is 10.3 Å². The van der Waals surface area contributed by atoms with Crippen molar-refractivity contribution in [1.29, 1.82) is 0 Å². The van der Waals surface area contributed by atoms with Crippen LogP contribution in [0.15, 0.2) is 36.4 Å². The number of para-hydroxylation sites is 1. The fourth-order valence-electron chi connectivity index (χ4n) is 3.08. The smallest absolute Gasteiger partial charge is 0.418 e. The monoisotopic (exact) mass is 404 g/mol. The molecule has 1 aliphatic heterocycles. The van der Waals surface area contributed by atoms with E-state index in [0.717, 1.165) is 35.1 Å². The summed E-state index contributed by atoms with van der Waals surface area (Å²) in [5.74, 6) is 0.781. The van der Waals surface area contributed by atoms with Gasteiger partial charge >= 0.3 is 6.18 Å². The molecule has 4 rings (SSSR count). The molecule has 0 fully saturated rings. The lowest BCUT2D eigenvalue weighted by Gasteiger charge is -2.18. The molecule has 0 amide bonds. The molecular formula is C21H19F3N2OS. The Morgan fingerprint density at radius 1 is 1.21 bits per heavy atom. The predicted molar refractivity (Wildman–Crippen MR) is 106 cm³/mol. The van der Waals surface area contributed by atoms with Crippen LogP contribution in [-0.2, 0) is 12.7 Å². The lowest BCUT2D eigenvalue weighted by atomic mass is 10.0. The normalized spacial score (nSPS) is 14.1. The van der Waals surface area contributed by atoms with Crippen LogP contribution in [0.2, 0.25) is 0 Å². The van der Waals surface area contributed by atoms with E-state index in [0.29, 0.717) is 15.7 Å². The Hall–Kier alpha value is -2.38. The summed E-state index contributed by atoms with van der Waals surface area (Å²) in [7, 11) is 0. The van der Waals surface area contributed by atoms with Crippen LogP contribution in [-0.4, -0.2) is 17.6 Å². The highest BCUT2D eigenvalue weighted by Gasteiger charge is 2.34. The predicted octanol–water partition coefficient (Wildman–Crippen LogP) is 5.75. The van der Waals surface area contributed by atoms with Gasteiger partial charge in [0, 0.05) is 23.7 Å². The topological polar surface area (TPSA) is 34.1 Å². The number of aromatic nitrogens is 1. The van der Waals surface area contributed by atoms with E-state index in [1.807, 2.05) is 24.3 Å². The van der Waals surface area contributed by atoms with Crippen molar-refractivity contribution in [3.8, 4) is 5.75 Å². The maximum absolute atomic E-state index is 13.2. The number of nitrogens with zero attached hydrogens (tertiary/aromatic N) is 1. The van der Waals surface area contributed by atoms with Crippen molar-refractivity contribution in [2.45, 2.75) is 32.6 Å². The summed E-state index contributed by atoms with van der Waals surface area (Å²) < 4.78 is 46.1. The van der Waals surface area contributed by atoms with Gasteiger partial charge in [-0.3, -0.25) is 0 Å². The maximum Gasteiger partial charge on any atom is 0.418 e. The van der Waals surface area contributed by atoms with Crippen LogP contribution in [0, 0.1) is 0 Å². The van der Waals surface area contributed by atoms with Gasteiger partial charge in [0.1, 0.15) is 17.4 Å². The van der Waals surface area contributed by atoms with Gasteiger partial charge in [-0.05, 0) is 29.8 Å². The van der Waals surface area contributed by atoms with Gasteiger partial charge < -0.3 is 10.1 Å². The summed E-state index contributed by atoms with van der Waals surface area (Å²) in [6.45, 7) is 5.22. The first-order valence-electron chi connectivity index (χ1n) is 8.98. The Labute approximate surface area is 164 Å². The molecule has 0 radical (unpaired) electrons. The molecule has 0 aliphatic carbocycles. The van der Waals surface area contributed by atoms with E-state index in [2.05, 4.69) is 24.1 Å². The first-order valence-corrected chi connectivity index (χ1v) is 9.80. The summed E-state index contributed by atoms with van der Waals surface area (Å²) in [5.41, 5.74) is 2.11. The average molecular weight is 404 g/mol. The minimum absolute atomic E-state index is 0.00296. The molecule has 1 aromatic heterocycles. The number of alkyl halides is 3. The summed E-state index contributed by atoms with van der Waals surface area (Å²) >= 11 is 1.25. The Bertz CT molecular complexity index is 1050. The molecule has 1 N–H and O–H groups in total. The fourth-order valence-corrected chi connectivity index (χ4v) is 4.07. The number of fused-ring (bicyclic) bond motifs is 2. The molecule has 3 aromatic rings. The van der Waals surface area contributed by atoms with Gasteiger partial charge in [0.05, 0.1) is 15.8 Å². The number of hydrogen-bond donors (Lipinski definition) is 1. The van der Waals surface area contributed by atoms with E-state index < -0.39 is 11.7 Å². The quantitative estimate of drug-likeness (QED) is 0.602. The van der Waals surface area contributed by atoms with E-state index in [-0.39, 0.29) is 12.1 Å². The molecule has 146 valence electrons. The third-order valence-corrected chi connectivity index (χ3v) is 5.60. The van der Waals surface area contributed by atoms with Crippen LogP contribution in [0.25, 0.3) is 21.9 Å². The van der Waals surface area contributed by atoms with Gasteiger partial charge in [-0.1, -0.05) is 32.0 Å². The summed E-state index contributed by atoms with van der Waals surface area (Å²) in [4.78, 5) is 4.28. The van der Waals surface area contributed by atoms with Crippen LogP contribution in [0.1, 0.15) is 35.5 Å². The third-order valence-electron chi connectivity index (χ3n) is 4.50. The number of ether oxygens (including phenoxy) is 1. The summed E-state index contributed by atoms with van der Waals surface area (Å²) in [6.07, 6.45) is -2.47. The number of halogens is 3. The highest BCUT2D eigenvalue weighted by atomic mass is 32.1. The highest BCUT2D eigenvalue weighted by Crippen LogP contribution is 2.39. The molecule has 2 heterocycles. The second-order valence-electron chi connectivity index (χ2n) is 7.04. The molecule has 3 nitrogen and oxygen atoms in total. The van der Waals surface area contributed by atoms with E-state index in [1.165, 1.54) is 17.4 Å². The molecule has 0 saturated heterocycles. The zero-order chi connectivity index (χ0) is 19.9. The van der Waals surface area contributed by atoms with Gasteiger partial charge in [0.2, 0.25) is 0 Å². The number of benzene rings is 2. The van der Waals surface area contributed by atoms with Crippen LogP contribution < -0.4 is 10.1 Å². The third kappa shape index (κ3) is 3.77. The molecular weight excluding hydrogens is 385 g/mol. The van der Waals surface area contributed by atoms with Gasteiger partial charge in [0.15, 0.2) is 0 Å². The average Bonchev–Trinajstić information content (AvgIpc) is 3.09. The number of rotatable bonds is 4. The highest BCUT2D eigenvalue weighted by molar-refractivity contribution is 7.19. The van der Waals surface area contributed by atoms with Gasteiger partial charge in [-0.2, -0.15) is 13.2 Å². The van der Waals surface area contributed by atoms with Crippen molar-refractivity contribution < 1.29 is 17.9 Å². The van der Waals surface area contributed by atoms with Crippen molar-refractivity contribution >= 4 is 33.2 Å². The lowest BCUT2D eigenvalue weighted by Crippen LogP contribution is -2.21. The summed E-state index contributed by atoms with van der Waals surface area (Å²) in [5, 5.41) is 3.92. The molecule has 2 aromatic carbocycles. The van der Waals surface area contributed by atoms with Gasteiger partial charge in [-0.25, -0.2) is 4.98 Å².